The van der Waals surface area contributed by atoms with Gasteiger partial charge in [0, 0.05) is 24.4 Å². The van der Waals surface area contributed by atoms with E-state index in [4.69, 9.17) is 0 Å². The zero-order valence-electron chi connectivity index (χ0n) is 23.3. The van der Waals surface area contributed by atoms with Crippen LogP contribution in [0.1, 0.15) is 93.6 Å². The fraction of sp³-hybridized carbons (Fsp3) is 0.643. The molecular weight excluding hydrogens is 536 g/mol. The predicted molar refractivity (Wildman–Crippen MR) is 150 cm³/mol. The Balaban J connectivity index is 1.67. The standard InChI is InChI=1S/C28H38N4O5S2/c1-18-6-8-19(9-7-18)25(33)32(23-16-21(14-15-28(2,3)4)38-24(23)26(34)35)20-10-12-22(13-11-20)39(36,37)27-29-17-30-31(27)5/h16-20,22H,6-13H2,1-5H3,(H,34,35). The van der Waals surface area contributed by atoms with Gasteiger partial charge in [-0.1, -0.05) is 18.8 Å². The molecular formula is C28H38N4O5S2. The zero-order valence-corrected chi connectivity index (χ0v) is 24.9. The van der Waals surface area contributed by atoms with E-state index in [-0.39, 0.29) is 33.3 Å². The number of anilines is 1. The van der Waals surface area contributed by atoms with Crippen LogP contribution in [-0.4, -0.2) is 51.5 Å². The molecule has 2 aliphatic carbocycles. The van der Waals surface area contributed by atoms with Gasteiger partial charge in [0.15, 0.2) is 0 Å². The van der Waals surface area contributed by atoms with Crippen LogP contribution in [0.3, 0.4) is 0 Å². The fourth-order valence-electron chi connectivity index (χ4n) is 5.53. The number of nitrogens with zero attached hydrogens (tertiary/aromatic N) is 4. The molecule has 0 bridgehead atoms. The van der Waals surface area contributed by atoms with Crippen molar-refractivity contribution >= 4 is 38.7 Å². The summed E-state index contributed by atoms with van der Waals surface area (Å²) in [6.07, 6.45) is 6.32. The minimum atomic E-state index is -3.67. The van der Waals surface area contributed by atoms with Crippen molar-refractivity contribution in [1.29, 1.82) is 0 Å². The molecule has 212 valence electrons. The molecule has 9 nitrogen and oxygen atoms in total. The van der Waals surface area contributed by atoms with Crippen molar-refractivity contribution in [2.45, 2.75) is 95.5 Å². The van der Waals surface area contributed by atoms with E-state index in [0.29, 0.717) is 42.2 Å². The molecule has 0 aliphatic heterocycles. The molecule has 0 atom stereocenters. The SMILES string of the molecule is CC1CCC(C(=O)N(c2cc(C#CC(C)(C)C)sc2C(=O)O)C2CCC(S(=O)(=O)c3ncnn3C)CC2)CC1. The molecule has 0 spiro atoms. The number of carboxylic acid groups (broad SMARTS) is 1. The molecule has 2 heterocycles. The number of aryl methyl sites for hydroxylation is 1. The molecule has 0 radical (unpaired) electrons. The summed E-state index contributed by atoms with van der Waals surface area (Å²) in [6.45, 7) is 8.15. The van der Waals surface area contributed by atoms with Crippen LogP contribution in [0.5, 0.6) is 0 Å². The Hall–Kier alpha value is -2.71. The highest BCUT2D eigenvalue weighted by atomic mass is 32.2. The molecule has 0 unspecified atom stereocenters. The van der Waals surface area contributed by atoms with Gasteiger partial charge in [-0.25, -0.2) is 22.9 Å². The summed E-state index contributed by atoms with van der Waals surface area (Å²) in [6, 6.07) is 1.44. The normalized spacial score (nSPS) is 24.0. The van der Waals surface area contributed by atoms with Crippen molar-refractivity contribution in [1.82, 2.24) is 14.8 Å². The summed E-state index contributed by atoms with van der Waals surface area (Å²) in [7, 11) is -2.12. The second-order valence-corrected chi connectivity index (χ2v) is 15.1. The van der Waals surface area contributed by atoms with Crippen molar-refractivity contribution in [3.63, 3.8) is 0 Å². The summed E-state index contributed by atoms with van der Waals surface area (Å²) in [5.74, 6) is 5.51. The average molecular weight is 575 g/mol. The lowest BCUT2D eigenvalue weighted by atomic mass is 9.81. The third-order valence-corrected chi connectivity index (χ3v) is 11.0. The van der Waals surface area contributed by atoms with Gasteiger partial charge in [0.2, 0.25) is 20.9 Å². The lowest BCUT2D eigenvalue weighted by molar-refractivity contribution is -0.124. The summed E-state index contributed by atoms with van der Waals surface area (Å²) < 4.78 is 27.7. The highest BCUT2D eigenvalue weighted by Gasteiger charge is 2.41. The van der Waals surface area contributed by atoms with E-state index >= 15 is 0 Å². The minimum Gasteiger partial charge on any atom is -0.477 e. The fourth-order valence-corrected chi connectivity index (χ4v) is 8.17. The van der Waals surface area contributed by atoms with Crippen molar-refractivity contribution in [3.8, 4) is 11.8 Å². The first-order valence-corrected chi connectivity index (χ1v) is 16.0. The second kappa shape index (κ2) is 11.4. The van der Waals surface area contributed by atoms with E-state index in [9.17, 15) is 23.1 Å². The van der Waals surface area contributed by atoms with E-state index < -0.39 is 21.1 Å². The molecule has 4 rings (SSSR count). The van der Waals surface area contributed by atoms with Crippen LogP contribution >= 0.6 is 11.3 Å². The maximum Gasteiger partial charge on any atom is 0.348 e. The molecule has 0 aromatic carbocycles. The van der Waals surface area contributed by atoms with E-state index in [2.05, 4.69) is 28.8 Å². The summed E-state index contributed by atoms with van der Waals surface area (Å²) in [5.41, 5.74) is 0.128. The first kappa shape index (κ1) is 29.3. The van der Waals surface area contributed by atoms with Crippen LogP contribution in [0.25, 0.3) is 0 Å². The van der Waals surface area contributed by atoms with Gasteiger partial charge >= 0.3 is 5.97 Å². The van der Waals surface area contributed by atoms with Crippen LogP contribution in [-0.2, 0) is 21.7 Å². The van der Waals surface area contributed by atoms with Crippen molar-refractivity contribution in [2.75, 3.05) is 4.90 Å². The van der Waals surface area contributed by atoms with E-state index in [0.717, 1.165) is 37.0 Å². The Morgan fingerprint density at radius 1 is 1.10 bits per heavy atom. The number of hydrogen-bond donors (Lipinski definition) is 1. The summed E-state index contributed by atoms with van der Waals surface area (Å²) in [5, 5.41) is 13.3. The van der Waals surface area contributed by atoms with Gasteiger partial charge in [0.05, 0.1) is 15.8 Å². The van der Waals surface area contributed by atoms with E-state index in [1.54, 1.807) is 18.0 Å². The van der Waals surface area contributed by atoms with Gasteiger partial charge < -0.3 is 10.0 Å². The van der Waals surface area contributed by atoms with Crippen molar-refractivity contribution in [2.24, 2.45) is 24.3 Å². The van der Waals surface area contributed by atoms with Gasteiger partial charge in [-0.15, -0.1) is 11.3 Å². The topological polar surface area (TPSA) is 122 Å². The number of aromatic nitrogens is 3. The Bertz CT molecular complexity index is 1380. The van der Waals surface area contributed by atoms with Gasteiger partial charge in [-0.2, -0.15) is 5.10 Å². The van der Waals surface area contributed by atoms with Crippen LogP contribution < -0.4 is 4.90 Å². The number of thiophene rings is 1. The van der Waals surface area contributed by atoms with Crippen LogP contribution in [0.2, 0.25) is 0 Å². The van der Waals surface area contributed by atoms with Crippen LogP contribution in [0.15, 0.2) is 17.6 Å². The van der Waals surface area contributed by atoms with Gasteiger partial charge in [0.25, 0.3) is 0 Å². The lowest BCUT2D eigenvalue weighted by Crippen LogP contribution is -2.47. The average Bonchev–Trinajstić information content (AvgIpc) is 3.50. The number of hydrogen-bond acceptors (Lipinski definition) is 7. The number of carboxylic acids is 1. The van der Waals surface area contributed by atoms with Gasteiger partial charge in [0.1, 0.15) is 11.2 Å². The molecule has 2 fully saturated rings. The Morgan fingerprint density at radius 3 is 2.28 bits per heavy atom. The molecule has 39 heavy (non-hydrogen) atoms. The summed E-state index contributed by atoms with van der Waals surface area (Å²) in [4.78, 5) is 32.8. The van der Waals surface area contributed by atoms with E-state index in [1.807, 2.05) is 20.8 Å². The number of amides is 1. The third kappa shape index (κ3) is 6.55. The second-order valence-electron chi connectivity index (χ2n) is 11.9. The van der Waals surface area contributed by atoms with Crippen LogP contribution in [0, 0.1) is 29.1 Å². The molecule has 2 saturated carbocycles. The number of sulfone groups is 1. The molecule has 0 saturated heterocycles. The number of rotatable bonds is 6. The largest absolute Gasteiger partial charge is 0.477 e. The molecule has 11 heteroatoms. The maximum atomic E-state index is 14.1. The first-order chi connectivity index (χ1) is 18.3. The predicted octanol–water partition coefficient (Wildman–Crippen LogP) is 4.92. The molecule has 1 N–H and O–H groups in total. The molecule has 1 amide bonds. The Labute approximate surface area is 234 Å². The minimum absolute atomic E-state index is 0.0525. The Morgan fingerprint density at radius 2 is 1.74 bits per heavy atom. The smallest absolute Gasteiger partial charge is 0.348 e. The van der Waals surface area contributed by atoms with Crippen molar-refractivity contribution in [3.05, 3.63) is 22.1 Å². The number of carbonyl (C=O) groups is 2. The highest BCUT2D eigenvalue weighted by Crippen LogP contribution is 2.40. The van der Waals surface area contributed by atoms with E-state index in [1.165, 1.54) is 11.0 Å². The monoisotopic (exact) mass is 574 g/mol. The van der Waals surface area contributed by atoms with Crippen LogP contribution in [0.4, 0.5) is 5.69 Å². The molecule has 2 aromatic rings. The lowest BCUT2D eigenvalue weighted by Gasteiger charge is -2.39. The number of carbonyl (C=O) groups excluding carboxylic acids is 1. The molecule has 2 aliphatic rings. The quantitative estimate of drug-likeness (QED) is 0.486. The maximum absolute atomic E-state index is 14.1. The third-order valence-electron chi connectivity index (χ3n) is 7.70. The molecule has 2 aromatic heterocycles. The van der Waals surface area contributed by atoms with Crippen molar-refractivity contribution < 1.29 is 23.1 Å². The first-order valence-electron chi connectivity index (χ1n) is 13.6. The zero-order chi connectivity index (χ0) is 28.5. The van der Waals surface area contributed by atoms with Gasteiger partial charge in [-0.05, 0) is 84.1 Å². The van der Waals surface area contributed by atoms with Gasteiger partial charge in [-0.3, -0.25) is 4.79 Å². The summed E-state index contributed by atoms with van der Waals surface area (Å²) >= 11 is 1.09. The highest BCUT2D eigenvalue weighted by molar-refractivity contribution is 7.91. The number of aromatic carboxylic acids is 1. The Kier molecular flexibility index (Phi) is 8.57.